The Labute approximate surface area is 133 Å². The molecule has 0 heterocycles. The van der Waals surface area contributed by atoms with Crippen LogP contribution in [0.15, 0.2) is 35.4 Å². The van der Waals surface area contributed by atoms with Crippen molar-refractivity contribution in [3.05, 3.63) is 51.6 Å². The summed E-state index contributed by atoms with van der Waals surface area (Å²) >= 11 is 6.32. The molecule has 2 rings (SSSR count). The Morgan fingerprint density at radius 2 is 1.90 bits per heavy atom. The lowest BCUT2D eigenvalue weighted by Gasteiger charge is -2.24. The molecular formula is C19H25ClO. The fraction of sp³-hybridized carbons (Fsp3) is 0.474. The van der Waals surface area contributed by atoms with Crippen LogP contribution >= 0.6 is 11.6 Å². The number of halogens is 1. The normalized spacial score (nSPS) is 15.0. The van der Waals surface area contributed by atoms with E-state index in [9.17, 15) is 0 Å². The maximum atomic E-state index is 6.32. The molecule has 0 aromatic heterocycles. The van der Waals surface area contributed by atoms with E-state index < -0.39 is 0 Å². The van der Waals surface area contributed by atoms with Crippen LogP contribution in [0.4, 0.5) is 0 Å². The summed E-state index contributed by atoms with van der Waals surface area (Å²) in [5.74, 6) is 0.996. The summed E-state index contributed by atoms with van der Waals surface area (Å²) in [5, 5.41) is 0.797. The summed E-state index contributed by atoms with van der Waals surface area (Å²) in [7, 11) is 1.75. The highest BCUT2D eigenvalue weighted by atomic mass is 35.5. The van der Waals surface area contributed by atoms with Crippen LogP contribution in [-0.4, -0.2) is 7.11 Å². The van der Waals surface area contributed by atoms with E-state index >= 15 is 0 Å². The van der Waals surface area contributed by atoms with Gasteiger partial charge < -0.3 is 4.74 Å². The summed E-state index contributed by atoms with van der Waals surface area (Å²) in [5.41, 5.74) is 5.28. The van der Waals surface area contributed by atoms with Crippen LogP contribution in [0.1, 0.15) is 51.7 Å². The molecule has 1 aromatic rings. The average molecular weight is 305 g/mol. The summed E-state index contributed by atoms with van der Waals surface area (Å²) < 4.78 is 5.70. The fourth-order valence-electron chi connectivity index (χ4n) is 2.84. The third-order valence-electron chi connectivity index (χ3n) is 3.98. The molecule has 0 amide bonds. The highest BCUT2D eigenvalue weighted by Crippen LogP contribution is 2.37. The monoisotopic (exact) mass is 304 g/mol. The Morgan fingerprint density at radius 3 is 2.43 bits per heavy atom. The van der Waals surface area contributed by atoms with Gasteiger partial charge in [0, 0.05) is 10.6 Å². The molecule has 114 valence electrons. The number of allylic oxidation sites excluding steroid dienone is 4. The van der Waals surface area contributed by atoms with Crippen LogP contribution in [0.25, 0.3) is 0 Å². The minimum absolute atomic E-state index is 0.0236. The van der Waals surface area contributed by atoms with E-state index in [-0.39, 0.29) is 5.41 Å². The molecule has 0 fully saturated rings. The summed E-state index contributed by atoms with van der Waals surface area (Å²) in [4.78, 5) is 0. The lowest BCUT2D eigenvalue weighted by atomic mass is 9.84. The van der Waals surface area contributed by atoms with Gasteiger partial charge in [-0.1, -0.05) is 55.7 Å². The average Bonchev–Trinajstić information content (AvgIpc) is 2.80. The van der Waals surface area contributed by atoms with Crippen LogP contribution in [0.2, 0.25) is 5.02 Å². The maximum absolute atomic E-state index is 6.32. The molecule has 2 heteroatoms. The van der Waals surface area contributed by atoms with Crippen molar-refractivity contribution in [2.24, 2.45) is 0 Å². The van der Waals surface area contributed by atoms with E-state index in [1.54, 1.807) is 7.11 Å². The van der Waals surface area contributed by atoms with Gasteiger partial charge in [0.25, 0.3) is 0 Å². The predicted octanol–water partition coefficient (Wildman–Crippen LogP) is 5.86. The topological polar surface area (TPSA) is 9.23 Å². The molecule has 0 saturated heterocycles. The van der Waals surface area contributed by atoms with Crippen molar-refractivity contribution in [2.75, 3.05) is 7.11 Å². The quantitative estimate of drug-likeness (QED) is 0.677. The van der Waals surface area contributed by atoms with E-state index in [2.05, 4.69) is 39.8 Å². The molecule has 0 spiro atoms. The molecule has 1 aromatic carbocycles. The minimum atomic E-state index is 0.0236. The lowest BCUT2D eigenvalue weighted by Crippen LogP contribution is -2.14. The van der Waals surface area contributed by atoms with Gasteiger partial charge in [0.2, 0.25) is 0 Å². The van der Waals surface area contributed by atoms with Crippen molar-refractivity contribution in [3.63, 3.8) is 0 Å². The van der Waals surface area contributed by atoms with Gasteiger partial charge in [0.15, 0.2) is 0 Å². The number of hydrogen-bond donors (Lipinski definition) is 0. The first-order chi connectivity index (χ1) is 9.81. The number of aryl methyl sites for hydroxylation is 1. The van der Waals surface area contributed by atoms with Crippen LogP contribution in [-0.2, 0) is 11.8 Å². The van der Waals surface area contributed by atoms with Crippen LogP contribution < -0.4 is 4.74 Å². The first kappa shape index (κ1) is 16.2. The molecule has 1 aliphatic rings. The second kappa shape index (κ2) is 6.27. The van der Waals surface area contributed by atoms with Crippen molar-refractivity contribution in [1.29, 1.82) is 0 Å². The first-order valence-electron chi connectivity index (χ1n) is 7.54. The lowest BCUT2D eigenvalue weighted by molar-refractivity contribution is 0.392. The minimum Gasteiger partial charge on any atom is -0.496 e. The highest BCUT2D eigenvalue weighted by Gasteiger charge is 2.22. The van der Waals surface area contributed by atoms with Gasteiger partial charge in [0.05, 0.1) is 7.11 Å². The van der Waals surface area contributed by atoms with E-state index in [4.69, 9.17) is 16.3 Å². The fourth-order valence-corrected chi connectivity index (χ4v) is 3.08. The summed E-state index contributed by atoms with van der Waals surface area (Å²) in [6, 6.07) is 4.08. The van der Waals surface area contributed by atoms with Crippen molar-refractivity contribution < 1.29 is 4.74 Å². The SMILES string of the molecule is COc1c(CCC2=CC(C)=CC2)cc(Cl)cc1C(C)(C)C. The zero-order valence-electron chi connectivity index (χ0n) is 13.7. The Morgan fingerprint density at radius 1 is 1.19 bits per heavy atom. The number of methoxy groups -OCH3 is 1. The van der Waals surface area contributed by atoms with Crippen LogP contribution in [0, 0.1) is 0 Å². The van der Waals surface area contributed by atoms with E-state index in [0.717, 1.165) is 30.0 Å². The Bertz CT molecular complexity index is 588. The third kappa shape index (κ3) is 3.91. The Kier molecular flexibility index (Phi) is 4.83. The molecule has 0 bridgehead atoms. The number of rotatable bonds is 4. The largest absolute Gasteiger partial charge is 0.496 e. The molecule has 21 heavy (non-hydrogen) atoms. The summed E-state index contributed by atoms with van der Waals surface area (Å²) in [6.45, 7) is 8.73. The van der Waals surface area contributed by atoms with E-state index in [1.165, 1.54) is 22.3 Å². The number of ether oxygens (including phenoxy) is 1. The molecule has 0 saturated carbocycles. The first-order valence-corrected chi connectivity index (χ1v) is 7.92. The van der Waals surface area contributed by atoms with Gasteiger partial charge in [-0.15, -0.1) is 0 Å². The van der Waals surface area contributed by atoms with Gasteiger partial charge in [-0.05, 0) is 49.3 Å². The van der Waals surface area contributed by atoms with Crippen LogP contribution in [0.5, 0.6) is 5.75 Å². The van der Waals surface area contributed by atoms with Gasteiger partial charge >= 0.3 is 0 Å². The van der Waals surface area contributed by atoms with E-state index in [0.29, 0.717) is 0 Å². The molecule has 1 aliphatic carbocycles. The van der Waals surface area contributed by atoms with Crippen molar-refractivity contribution in [3.8, 4) is 5.75 Å². The second-order valence-corrected chi connectivity index (χ2v) is 7.29. The zero-order chi connectivity index (χ0) is 15.6. The predicted molar refractivity (Wildman–Crippen MR) is 91.5 cm³/mol. The molecule has 0 atom stereocenters. The molecule has 0 N–H and O–H groups in total. The highest BCUT2D eigenvalue weighted by molar-refractivity contribution is 6.30. The number of hydrogen-bond acceptors (Lipinski definition) is 1. The van der Waals surface area contributed by atoms with Gasteiger partial charge in [-0.3, -0.25) is 0 Å². The molecule has 1 nitrogen and oxygen atoms in total. The van der Waals surface area contributed by atoms with Crippen molar-refractivity contribution in [1.82, 2.24) is 0 Å². The van der Waals surface area contributed by atoms with Crippen molar-refractivity contribution >= 4 is 11.6 Å². The maximum Gasteiger partial charge on any atom is 0.125 e. The Hall–Kier alpha value is -1.21. The van der Waals surface area contributed by atoms with Gasteiger partial charge in [-0.25, -0.2) is 0 Å². The second-order valence-electron chi connectivity index (χ2n) is 6.85. The smallest absolute Gasteiger partial charge is 0.125 e. The molecule has 0 radical (unpaired) electrons. The molecule has 0 aliphatic heterocycles. The third-order valence-corrected chi connectivity index (χ3v) is 4.19. The molecule has 0 unspecified atom stereocenters. The van der Waals surface area contributed by atoms with Crippen LogP contribution in [0.3, 0.4) is 0 Å². The molecular weight excluding hydrogens is 280 g/mol. The van der Waals surface area contributed by atoms with Gasteiger partial charge in [0.1, 0.15) is 5.75 Å². The van der Waals surface area contributed by atoms with Crippen molar-refractivity contribution in [2.45, 2.75) is 52.4 Å². The van der Waals surface area contributed by atoms with Gasteiger partial charge in [-0.2, -0.15) is 0 Å². The number of benzene rings is 1. The zero-order valence-corrected chi connectivity index (χ0v) is 14.5. The summed E-state index contributed by atoms with van der Waals surface area (Å²) in [6.07, 6.45) is 7.70. The van der Waals surface area contributed by atoms with E-state index in [1.807, 2.05) is 12.1 Å². The standard InChI is InChI=1S/C19H25ClO/c1-13-6-7-14(10-13)8-9-15-11-16(20)12-17(18(15)21-5)19(2,3)4/h6,10-12H,7-9H2,1-5H3. The Balaban J connectivity index is 2.26.